The second-order valence-corrected chi connectivity index (χ2v) is 5.96. The highest BCUT2D eigenvalue weighted by molar-refractivity contribution is 7.99. The van der Waals surface area contributed by atoms with Crippen molar-refractivity contribution < 1.29 is 13.9 Å². The highest BCUT2D eigenvalue weighted by atomic mass is 32.2. The van der Waals surface area contributed by atoms with Crippen LogP contribution in [0.1, 0.15) is 18.5 Å². The van der Waals surface area contributed by atoms with E-state index in [0.29, 0.717) is 18.8 Å². The highest BCUT2D eigenvalue weighted by Gasteiger charge is 2.16. The van der Waals surface area contributed by atoms with Crippen LogP contribution in [-0.4, -0.2) is 13.2 Å². The summed E-state index contributed by atoms with van der Waals surface area (Å²) in [6.07, 6.45) is 0. The van der Waals surface area contributed by atoms with Gasteiger partial charge < -0.3 is 15.2 Å². The van der Waals surface area contributed by atoms with Crippen LogP contribution in [0.25, 0.3) is 0 Å². The number of ether oxygens (including phenoxy) is 2. The van der Waals surface area contributed by atoms with Crippen LogP contribution in [0.4, 0.5) is 4.39 Å². The number of halogens is 1. The lowest BCUT2D eigenvalue weighted by molar-refractivity contribution is 0.171. The van der Waals surface area contributed by atoms with Gasteiger partial charge in [0, 0.05) is 21.4 Å². The van der Waals surface area contributed by atoms with Gasteiger partial charge in [0.05, 0.1) is 0 Å². The summed E-state index contributed by atoms with van der Waals surface area (Å²) in [4.78, 5) is 1.79. The van der Waals surface area contributed by atoms with E-state index >= 15 is 0 Å². The molecule has 0 unspecified atom stereocenters. The summed E-state index contributed by atoms with van der Waals surface area (Å²) in [6.45, 7) is 2.90. The molecule has 0 amide bonds. The second kappa shape index (κ2) is 5.95. The van der Waals surface area contributed by atoms with Gasteiger partial charge in [-0.25, -0.2) is 4.39 Å². The molecule has 5 heteroatoms. The molecule has 3 nitrogen and oxygen atoms in total. The van der Waals surface area contributed by atoms with Gasteiger partial charge in [-0.3, -0.25) is 0 Å². The van der Waals surface area contributed by atoms with Gasteiger partial charge in [-0.15, -0.1) is 0 Å². The van der Waals surface area contributed by atoms with E-state index in [2.05, 4.69) is 0 Å². The van der Waals surface area contributed by atoms with E-state index < -0.39 is 0 Å². The van der Waals surface area contributed by atoms with E-state index in [1.807, 2.05) is 24.3 Å². The lowest BCUT2D eigenvalue weighted by Crippen LogP contribution is -2.15. The Morgan fingerprint density at radius 2 is 1.90 bits per heavy atom. The topological polar surface area (TPSA) is 44.5 Å². The molecule has 0 saturated heterocycles. The quantitative estimate of drug-likeness (QED) is 0.937. The van der Waals surface area contributed by atoms with E-state index in [1.54, 1.807) is 13.0 Å². The van der Waals surface area contributed by atoms with Crippen LogP contribution in [-0.2, 0) is 0 Å². The first-order valence-electron chi connectivity index (χ1n) is 6.76. The normalized spacial score (nSPS) is 14.8. The Bertz CT molecular complexity index is 661. The zero-order valence-corrected chi connectivity index (χ0v) is 12.5. The van der Waals surface area contributed by atoms with E-state index in [0.717, 1.165) is 21.3 Å². The highest BCUT2D eigenvalue weighted by Crippen LogP contribution is 2.39. The average Bonchev–Trinajstić information content (AvgIpc) is 2.47. The lowest BCUT2D eigenvalue weighted by Gasteiger charge is -2.19. The van der Waals surface area contributed by atoms with Crippen molar-refractivity contribution in [3.63, 3.8) is 0 Å². The molecule has 0 aromatic heterocycles. The maximum absolute atomic E-state index is 13.9. The summed E-state index contributed by atoms with van der Waals surface area (Å²) in [5.41, 5.74) is 6.42. The Labute approximate surface area is 127 Å². The monoisotopic (exact) mass is 305 g/mol. The van der Waals surface area contributed by atoms with Gasteiger partial charge in [0.2, 0.25) is 0 Å². The first-order valence-corrected chi connectivity index (χ1v) is 7.58. The molecule has 0 saturated carbocycles. The minimum atomic E-state index is -0.356. The van der Waals surface area contributed by atoms with Gasteiger partial charge >= 0.3 is 0 Å². The summed E-state index contributed by atoms with van der Waals surface area (Å²) in [6, 6.07) is 10.4. The third-order valence-electron chi connectivity index (χ3n) is 3.21. The number of hydrogen-bond donors (Lipinski definition) is 1. The number of rotatable bonds is 3. The van der Waals surface area contributed by atoms with Crippen molar-refractivity contribution in [2.75, 3.05) is 13.2 Å². The van der Waals surface area contributed by atoms with Crippen LogP contribution in [0.5, 0.6) is 11.5 Å². The summed E-state index contributed by atoms with van der Waals surface area (Å²) < 4.78 is 25.0. The van der Waals surface area contributed by atoms with Crippen LogP contribution < -0.4 is 15.2 Å². The molecule has 2 N–H and O–H groups in total. The van der Waals surface area contributed by atoms with E-state index in [1.165, 1.54) is 17.8 Å². The molecule has 1 aliphatic rings. The summed E-state index contributed by atoms with van der Waals surface area (Å²) in [7, 11) is 0. The molecule has 0 spiro atoms. The predicted octanol–water partition coefficient (Wildman–Crippen LogP) is 3.77. The third-order valence-corrected chi connectivity index (χ3v) is 4.28. The fraction of sp³-hybridized carbons (Fsp3) is 0.250. The maximum Gasteiger partial charge on any atom is 0.162 e. The summed E-state index contributed by atoms with van der Waals surface area (Å²) in [5.74, 6) is 1.20. The molecule has 2 aromatic carbocycles. The summed E-state index contributed by atoms with van der Waals surface area (Å²) >= 11 is 1.47. The lowest BCUT2D eigenvalue weighted by atomic mass is 10.1. The van der Waals surface area contributed by atoms with Crippen LogP contribution in [0.3, 0.4) is 0 Å². The molecule has 0 radical (unpaired) electrons. The molecule has 1 heterocycles. The van der Waals surface area contributed by atoms with Crippen molar-refractivity contribution in [3.05, 3.63) is 47.8 Å². The zero-order valence-electron chi connectivity index (χ0n) is 11.6. The van der Waals surface area contributed by atoms with Crippen molar-refractivity contribution in [1.82, 2.24) is 0 Å². The molecule has 1 aliphatic heterocycles. The van der Waals surface area contributed by atoms with Crippen LogP contribution in [0, 0.1) is 5.82 Å². The molecule has 110 valence electrons. The smallest absolute Gasteiger partial charge is 0.162 e. The Morgan fingerprint density at radius 1 is 1.14 bits per heavy atom. The Hall–Kier alpha value is -1.72. The molecule has 0 fully saturated rings. The summed E-state index contributed by atoms with van der Waals surface area (Å²) in [5, 5.41) is 0. The number of fused-ring (bicyclic) bond motifs is 1. The van der Waals surface area contributed by atoms with Crippen LogP contribution in [0.2, 0.25) is 0 Å². The molecule has 0 aliphatic carbocycles. The molecular weight excluding hydrogens is 289 g/mol. The maximum atomic E-state index is 13.9. The zero-order chi connectivity index (χ0) is 14.8. The van der Waals surface area contributed by atoms with Crippen molar-refractivity contribution in [2.45, 2.75) is 22.8 Å². The number of hydrogen-bond acceptors (Lipinski definition) is 4. The molecule has 3 rings (SSSR count). The van der Waals surface area contributed by atoms with Gasteiger partial charge in [-0.1, -0.05) is 17.8 Å². The molecule has 1 atom stereocenters. The standard InChI is InChI=1S/C16H16FNO2S/c1-10(18)16-12(17)3-2-4-15(16)21-11-5-6-13-14(9-11)20-8-7-19-13/h2-6,9-10H,7-8,18H2,1H3/t10-/m0/s1. The van der Waals surface area contributed by atoms with Gasteiger partial charge in [0.25, 0.3) is 0 Å². The molecule has 0 bridgehead atoms. The van der Waals surface area contributed by atoms with E-state index in [-0.39, 0.29) is 11.9 Å². The largest absolute Gasteiger partial charge is 0.486 e. The van der Waals surface area contributed by atoms with E-state index in [9.17, 15) is 4.39 Å². The first-order chi connectivity index (χ1) is 10.1. The Morgan fingerprint density at radius 3 is 2.67 bits per heavy atom. The first kappa shape index (κ1) is 14.2. The fourth-order valence-corrected chi connectivity index (χ4v) is 3.36. The number of nitrogens with two attached hydrogens (primary N) is 1. The van der Waals surface area contributed by atoms with Crippen molar-refractivity contribution in [2.24, 2.45) is 5.73 Å². The average molecular weight is 305 g/mol. The van der Waals surface area contributed by atoms with Gasteiger partial charge in [0.1, 0.15) is 19.0 Å². The van der Waals surface area contributed by atoms with Gasteiger partial charge in [0.15, 0.2) is 11.5 Å². The van der Waals surface area contributed by atoms with Gasteiger partial charge in [-0.2, -0.15) is 0 Å². The second-order valence-electron chi connectivity index (χ2n) is 4.85. The van der Waals surface area contributed by atoms with E-state index in [4.69, 9.17) is 15.2 Å². The van der Waals surface area contributed by atoms with Crippen molar-refractivity contribution in [1.29, 1.82) is 0 Å². The van der Waals surface area contributed by atoms with Crippen LogP contribution >= 0.6 is 11.8 Å². The number of benzene rings is 2. The fourth-order valence-electron chi connectivity index (χ4n) is 2.26. The predicted molar refractivity (Wildman–Crippen MR) is 80.6 cm³/mol. The van der Waals surface area contributed by atoms with Crippen LogP contribution in [0.15, 0.2) is 46.2 Å². The minimum Gasteiger partial charge on any atom is -0.486 e. The van der Waals surface area contributed by atoms with Crippen molar-refractivity contribution in [3.8, 4) is 11.5 Å². The molecule has 2 aromatic rings. The Balaban J connectivity index is 1.92. The van der Waals surface area contributed by atoms with Crippen molar-refractivity contribution >= 4 is 11.8 Å². The Kier molecular flexibility index (Phi) is 4.03. The van der Waals surface area contributed by atoms with Gasteiger partial charge in [-0.05, 0) is 37.3 Å². The third kappa shape index (κ3) is 2.99. The SMILES string of the molecule is C[C@H](N)c1c(F)cccc1Sc1ccc2c(c1)OCCO2. The molecule has 21 heavy (non-hydrogen) atoms. The molecular formula is C16H16FNO2S. The minimum absolute atomic E-state index is 0.271.